The van der Waals surface area contributed by atoms with Gasteiger partial charge >= 0.3 is 0 Å². The molecule has 0 N–H and O–H groups in total. The summed E-state index contributed by atoms with van der Waals surface area (Å²) < 4.78 is 0. The second kappa shape index (κ2) is 6.86. The molecule has 0 radical (unpaired) electrons. The van der Waals surface area contributed by atoms with Crippen LogP contribution in [0.3, 0.4) is 0 Å². The molecular formula is C20H22N4O2. The lowest BCUT2D eigenvalue weighted by Crippen LogP contribution is -2.52. The molecule has 2 saturated heterocycles. The van der Waals surface area contributed by atoms with Crippen LogP contribution in [0.25, 0.3) is 0 Å². The van der Waals surface area contributed by atoms with Gasteiger partial charge in [-0.25, -0.2) is 4.98 Å². The number of likely N-dealkylation sites (tertiary alicyclic amines) is 2. The van der Waals surface area contributed by atoms with Crippen molar-refractivity contribution in [3.63, 3.8) is 0 Å². The van der Waals surface area contributed by atoms with Crippen molar-refractivity contribution >= 4 is 11.8 Å². The van der Waals surface area contributed by atoms with Gasteiger partial charge in [0.15, 0.2) is 0 Å². The highest BCUT2D eigenvalue weighted by molar-refractivity contribution is 5.93. The molecule has 0 aromatic carbocycles. The summed E-state index contributed by atoms with van der Waals surface area (Å²) >= 11 is 0. The third kappa shape index (κ3) is 3.07. The summed E-state index contributed by atoms with van der Waals surface area (Å²) in [6.45, 7) is 3.14. The number of hydrogen-bond acceptors (Lipinski definition) is 4. The fourth-order valence-electron chi connectivity index (χ4n) is 4.10. The van der Waals surface area contributed by atoms with Crippen LogP contribution >= 0.6 is 0 Å². The number of carbonyl (C=O) groups is 2. The van der Waals surface area contributed by atoms with Gasteiger partial charge in [-0.05, 0) is 49.6 Å². The van der Waals surface area contributed by atoms with Gasteiger partial charge in [0.25, 0.3) is 5.91 Å². The molecule has 26 heavy (non-hydrogen) atoms. The van der Waals surface area contributed by atoms with Crippen LogP contribution in [0.15, 0.2) is 42.7 Å². The minimum Gasteiger partial charge on any atom is -0.333 e. The molecule has 134 valence electrons. The van der Waals surface area contributed by atoms with Crippen molar-refractivity contribution in [2.75, 3.05) is 6.54 Å². The highest BCUT2D eigenvalue weighted by Gasteiger charge is 2.45. The van der Waals surface area contributed by atoms with Gasteiger partial charge in [0.2, 0.25) is 5.91 Å². The molecule has 6 heteroatoms. The SMILES string of the molecule is Cc1cccc(C(=O)N2CC[C@H]3[C@H]2CCC(=O)N3Cc2ccncc2)n1. The number of carbonyl (C=O) groups excluding carboxylic acids is 2. The highest BCUT2D eigenvalue weighted by Crippen LogP contribution is 2.33. The zero-order valence-electron chi connectivity index (χ0n) is 14.8. The van der Waals surface area contributed by atoms with E-state index in [4.69, 9.17) is 0 Å². The van der Waals surface area contributed by atoms with Crippen molar-refractivity contribution in [2.45, 2.75) is 44.8 Å². The molecule has 0 unspecified atom stereocenters. The largest absolute Gasteiger partial charge is 0.333 e. The zero-order chi connectivity index (χ0) is 18.1. The average Bonchev–Trinajstić information content (AvgIpc) is 3.08. The lowest BCUT2D eigenvalue weighted by atomic mass is 9.95. The first-order valence-electron chi connectivity index (χ1n) is 9.06. The molecule has 2 aliphatic rings. The number of hydrogen-bond donors (Lipinski definition) is 0. The Bertz CT molecular complexity index is 824. The number of rotatable bonds is 3. The fourth-order valence-corrected chi connectivity index (χ4v) is 4.10. The van der Waals surface area contributed by atoms with E-state index in [0.29, 0.717) is 25.2 Å². The van der Waals surface area contributed by atoms with Gasteiger partial charge in [-0.1, -0.05) is 6.07 Å². The van der Waals surface area contributed by atoms with E-state index >= 15 is 0 Å². The van der Waals surface area contributed by atoms with Gasteiger partial charge in [0, 0.05) is 37.6 Å². The second-order valence-corrected chi connectivity index (χ2v) is 7.00. The molecule has 0 saturated carbocycles. The summed E-state index contributed by atoms with van der Waals surface area (Å²) in [6, 6.07) is 9.55. The number of pyridine rings is 2. The molecule has 0 aliphatic carbocycles. The molecule has 6 nitrogen and oxygen atoms in total. The summed E-state index contributed by atoms with van der Waals surface area (Å²) in [7, 11) is 0. The van der Waals surface area contributed by atoms with E-state index in [2.05, 4.69) is 9.97 Å². The average molecular weight is 350 g/mol. The van der Waals surface area contributed by atoms with E-state index in [9.17, 15) is 9.59 Å². The van der Waals surface area contributed by atoms with E-state index < -0.39 is 0 Å². The van der Waals surface area contributed by atoms with Crippen LogP contribution in [-0.2, 0) is 11.3 Å². The van der Waals surface area contributed by atoms with Gasteiger partial charge in [-0.2, -0.15) is 0 Å². The highest BCUT2D eigenvalue weighted by atomic mass is 16.2. The van der Waals surface area contributed by atoms with Gasteiger partial charge in [-0.15, -0.1) is 0 Å². The minimum absolute atomic E-state index is 0.0283. The lowest BCUT2D eigenvalue weighted by molar-refractivity contribution is -0.138. The molecule has 2 aromatic heterocycles. The maximum absolute atomic E-state index is 13.0. The Morgan fingerprint density at radius 2 is 1.96 bits per heavy atom. The second-order valence-electron chi connectivity index (χ2n) is 7.00. The number of fused-ring (bicyclic) bond motifs is 1. The molecule has 2 aromatic rings. The Morgan fingerprint density at radius 1 is 1.15 bits per heavy atom. The van der Waals surface area contributed by atoms with Crippen LogP contribution < -0.4 is 0 Å². The molecule has 2 fully saturated rings. The molecule has 0 bridgehead atoms. The van der Waals surface area contributed by atoms with Crippen LogP contribution in [0.1, 0.15) is 41.0 Å². The molecule has 2 amide bonds. The quantitative estimate of drug-likeness (QED) is 0.851. The Morgan fingerprint density at radius 3 is 2.73 bits per heavy atom. The topological polar surface area (TPSA) is 66.4 Å². The first kappa shape index (κ1) is 16.7. The first-order valence-corrected chi connectivity index (χ1v) is 9.06. The summed E-state index contributed by atoms with van der Waals surface area (Å²) in [5.74, 6) is 0.144. The van der Waals surface area contributed by atoms with E-state index in [1.807, 2.05) is 41.0 Å². The lowest BCUT2D eigenvalue weighted by Gasteiger charge is -2.39. The Balaban J connectivity index is 1.54. The third-order valence-corrected chi connectivity index (χ3v) is 5.36. The maximum Gasteiger partial charge on any atom is 0.272 e. The van der Waals surface area contributed by atoms with E-state index in [-0.39, 0.29) is 23.9 Å². The zero-order valence-corrected chi connectivity index (χ0v) is 14.8. The smallest absolute Gasteiger partial charge is 0.272 e. The van der Waals surface area contributed by atoms with Crippen molar-refractivity contribution in [2.24, 2.45) is 0 Å². The van der Waals surface area contributed by atoms with Crippen molar-refractivity contribution in [1.82, 2.24) is 19.8 Å². The number of aromatic nitrogens is 2. The molecule has 2 aliphatic heterocycles. The molecule has 4 rings (SSSR count). The Hall–Kier alpha value is -2.76. The number of amides is 2. The summed E-state index contributed by atoms with van der Waals surface area (Å²) in [5.41, 5.74) is 2.40. The Kier molecular flexibility index (Phi) is 4.41. The third-order valence-electron chi connectivity index (χ3n) is 5.36. The normalized spacial score (nSPS) is 22.4. The maximum atomic E-state index is 13.0. The van der Waals surface area contributed by atoms with E-state index in [1.54, 1.807) is 18.5 Å². The standard InChI is InChI=1S/C20H22N4O2/c1-14-3-2-4-16(22-14)20(26)23-12-9-18-17(23)5-6-19(25)24(18)13-15-7-10-21-11-8-15/h2-4,7-8,10-11,17-18H,5-6,9,12-13H2,1H3/t17-,18+/m1/s1. The van der Waals surface area contributed by atoms with E-state index in [1.165, 1.54) is 0 Å². The summed E-state index contributed by atoms with van der Waals surface area (Å²) in [5, 5.41) is 0. The van der Waals surface area contributed by atoms with Crippen molar-refractivity contribution in [1.29, 1.82) is 0 Å². The van der Waals surface area contributed by atoms with E-state index in [0.717, 1.165) is 24.1 Å². The summed E-state index contributed by atoms with van der Waals surface area (Å²) in [4.78, 5) is 37.8. The monoisotopic (exact) mass is 350 g/mol. The Labute approximate surface area is 152 Å². The van der Waals surface area contributed by atoms with Gasteiger partial charge < -0.3 is 9.80 Å². The van der Waals surface area contributed by atoms with Gasteiger partial charge in [-0.3, -0.25) is 14.6 Å². The predicted molar refractivity (Wildman–Crippen MR) is 96.2 cm³/mol. The van der Waals surface area contributed by atoms with Crippen molar-refractivity contribution < 1.29 is 9.59 Å². The predicted octanol–water partition coefficient (Wildman–Crippen LogP) is 2.19. The molecule has 0 spiro atoms. The number of nitrogens with zero attached hydrogens (tertiary/aromatic N) is 4. The van der Waals surface area contributed by atoms with Crippen molar-refractivity contribution in [3.05, 3.63) is 59.7 Å². The number of piperidine rings is 1. The van der Waals surface area contributed by atoms with Crippen LogP contribution in [0.2, 0.25) is 0 Å². The van der Waals surface area contributed by atoms with Crippen LogP contribution in [-0.4, -0.2) is 50.2 Å². The van der Waals surface area contributed by atoms with Gasteiger partial charge in [0.05, 0.1) is 12.1 Å². The summed E-state index contributed by atoms with van der Waals surface area (Å²) in [6.07, 6.45) is 5.52. The van der Waals surface area contributed by atoms with Crippen LogP contribution in [0, 0.1) is 6.92 Å². The molecule has 2 atom stereocenters. The van der Waals surface area contributed by atoms with Gasteiger partial charge in [0.1, 0.15) is 5.69 Å². The van der Waals surface area contributed by atoms with Crippen molar-refractivity contribution in [3.8, 4) is 0 Å². The first-order chi connectivity index (χ1) is 12.6. The van der Waals surface area contributed by atoms with Crippen LogP contribution in [0.5, 0.6) is 0 Å². The van der Waals surface area contributed by atoms with Crippen LogP contribution in [0.4, 0.5) is 0 Å². The fraction of sp³-hybridized carbons (Fsp3) is 0.400. The number of aryl methyl sites for hydroxylation is 1. The molecule has 4 heterocycles. The minimum atomic E-state index is -0.0283. The molecular weight excluding hydrogens is 328 g/mol.